The maximum absolute atomic E-state index is 11.5. The molecule has 1 rings (SSSR count). The van der Waals surface area contributed by atoms with Crippen molar-refractivity contribution in [3.8, 4) is 0 Å². The molecule has 2 N–H and O–H groups in total. The van der Waals surface area contributed by atoms with E-state index < -0.39 is 5.97 Å². The average molecular weight is 291 g/mol. The zero-order valence-corrected chi connectivity index (χ0v) is 12.3. The van der Waals surface area contributed by atoms with Gasteiger partial charge in [-0.15, -0.1) is 0 Å². The number of nitrogens with two attached hydrogens (primary N) is 1. The Balaban J connectivity index is 2.10. The maximum atomic E-state index is 11.5. The highest BCUT2D eigenvalue weighted by Crippen LogP contribution is 2.06. The van der Waals surface area contributed by atoms with Crippen LogP contribution in [0.15, 0.2) is 36.4 Å². The molecule has 1 aromatic rings. The second kappa shape index (κ2) is 8.79. The van der Waals surface area contributed by atoms with Crippen LogP contribution in [0.5, 0.6) is 0 Å². The highest BCUT2D eigenvalue weighted by molar-refractivity contribution is 5.86. The molecule has 0 heterocycles. The van der Waals surface area contributed by atoms with Crippen LogP contribution in [-0.4, -0.2) is 25.2 Å². The first-order valence-electron chi connectivity index (χ1n) is 6.81. The lowest BCUT2D eigenvalue weighted by molar-refractivity contribution is -0.145. The summed E-state index contributed by atoms with van der Waals surface area (Å²) in [5, 5.41) is 0. The van der Waals surface area contributed by atoms with Gasteiger partial charge >= 0.3 is 11.9 Å². The van der Waals surface area contributed by atoms with Crippen LogP contribution in [0.2, 0.25) is 0 Å². The van der Waals surface area contributed by atoms with Crippen LogP contribution in [0.25, 0.3) is 0 Å². The van der Waals surface area contributed by atoms with E-state index >= 15 is 0 Å². The van der Waals surface area contributed by atoms with E-state index in [4.69, 9.17) is 15.2 Å². The third kappa shape index (κ3) is 7.15. The molecular weight excluding hydrogens is 270 g/mol. The van der Waals surface area contributed by atoms with Gasteiger partial charge in [0.05, 0.1) is 13.2 Å². The fourth-order valence-electron chi connectivity index (χ4n) is 1.54. The van der Waals surface area contributed by atoms with Crippen LogP contribution in [0.1, 0.15) is 25.3 Å². The second-order valence-corrected chi connectivity index (χ2v) is 4.73. The first kappa shape index (κ1) is 16.8. The largest absolute Gasteiger partial charge is 0.465 e. The van der Waals surface area contributed by atoms with Crippen molar-refractivity contribution in [3.05, 3.63) is 42.0 Å². The number of anilines is 1. The summed E-state index contributed by atoms with van der Waals surface area (Å²) < 4.78 is 9.98. The minimum absolute atomic E-state index is 0.193. The van der Waals surface area contributed by atoms with Gasteiger partial charge in [-0.3, -0.25) is 4.79 Å². The molecule has 0 aliphatic rings. The Hall–Kier alpha value is -2.30. The predicted molar refractivity (Wildman–Crippen MR) is 80.5 cm³/mol. The molecule has 5 nitrogen and oxygen atoms in total. The maximum Gasteiger partial charge on any atom is 0.333 e. The number of carbonyl (C=O) groups is 2. The molecular formula is C16H21NO4. The van der Waals surface area contributed by atoms with Crippen LogP contribution < -0.4 is 5.73 Å². The summed E-state index contributed by atoms with van der Waals surface area (Å²) in [4.78, 5) is 22.6. The smallest absolute Gasteiger partial charge is 0.333 e. The third-order valence-corrected chi connectivity index (χ3v) is 2.74. The van der Waals surface area contributed by atoms with E-state index in [9.17, 15) is 9.59 Å². The fourth-order valence-corrected chi connectivity index (χ4v) is 1.54. The monoisotopic (exact) mass is 291 g/mol. The number of hydrogen-bond acceptors (Lipinski definition) is 5. The van der Waals surface area contributed by atoms with Crippen molar-refractivity contribution in [1.29, 1.82) is 0 Å². The van der Waals surface area contributed by atoms with Crippen molar-refractivity contribution >= 4 is 17.6 Å². The molecule has 0 amide bonds. The van der Waals surface area contributed by atoms with Gasteiger partial charge in [0.1, 0.15) is 0 Å². The molecule has 0 saturated heterocycles. The topological polar surface area (TPSA) is 78.6 Å². The van der Waals surface area contributed by atoms with Crippen molar-refractivity contribution in [2.45, 2.75) is 26.2 Å². The first-order valence-corrected chi connectivity index (χ1v) is 6.81. The summed E-state index contributed by atoms with van der Waals surface area (Å²) in [7, 11) is 0. The summed E-state index contributed by atoms with van der Waals surface area (Å²) >= 11 is 0. The first-order chi connectivity index (χ1) is 9.99. The van der Waals surface area contributed by atoms with Gasteiger partial charge in [0.2, 0.25) is 0 Å². The molecule has 0 bridgehead atoms. The molecule has 0 saturated carbocycles. The lowest BCUT2D eigenvalue weighted by Crippen LogP contribution is -2.11. The summed E-state index contributed by atoms with van der Waals surface area (Å²) in [6.45, 7) is 5.57. The summed E-state index contributed by atoms with van der Waals surface area (Å²) in [6, 6.07) is 7.43. The van der Waals surface area contributed by atoms with E-state index in [0.29, 0.717) is 30.7 Å². The Morgan fingerprint density at radius 3 is 2.43 bits per heavy atom. The van der Waals surface area contributed by atoms with Crippen molar-refractivity contribution < 1.29 is 19.1 Å². The van der Waals surface area contributed by atoms with Gasteiger partial charge < -0.3 is 15.2 Å². The van der Waals surface area contributed by atoms with E-state index in [-0.39, 0.29) is 19.0 Å². The van der Waals surface area contributed by atoms with E-state index in [1.807, 2.05) is 24.3 Å². The number of carbonyl (C=O) groups excluding carboxylic acids is 2. The van der Waals surface area contributed by atoms with E-state index in [1.54, 1.807) is 6.92 Å². The minimum Gasteiger partial charge on any atom is -0.465 e. The standard InChI is InChI=1S/C16H21NO4/c1-12(2)16(19)21-10-3-4-15(18)20-11-9-13-5-7-14(17)8-6-13/h5-8H,1,3-4,9-11,17H2,2H3. The third-order valence-electron chi connectivity index (χ3n) is 2.74. The number of esters is 2. The summed E-state index contributed by atoms with van der Waals surface area (Å²) in [6.07, 6.45) is 1.32. The molecule has 0 atom stereocenters. The normalized spacial score (nSPS) is 9.95. The fraction of sp³-hybridized carbons (Fsp3) is 0.375. The number of ether oxygens (including phenoxy) is 2. The average Bonchev–Trinajstić information content (AvgIpc) is 2.45. The van der Waals surface area contributed by atoms with Gasteiger partial charge in [-0.25, -0.2) is 4.79 Å². The quantitative estimate of drug-likeness (QED) is 0.344. The van der Waals surface area contributed by atoms with Crippen molar-refractivity contribution in [2.75, 3.05) is 18.9 Å². The summed E-state index contributed by atoms with van der Waals surface area (Å²) in [5.41, 5.74) is 7.70. The molecule has 0 unspecified atom stereocenters. The molecule has 0 aliphatic carbocycles. The zero-order chi connectivity index (χ0) is 15.7. The molecule has 114 valence electrons. The molecule has 1 aromatic carbocycles. The Labute approximate surface area is 124 Å². The van der Waals surface area contributed by atoms with Gasteiger partial charge in [0.25, 0.3) is 0 Å². The number of hydrogen-bond donors (Lipinski definition) is 1. The van der Waals surface area contributed by atoms with E-state index in [2.05, 4.69) is 6.58 Å². The number of benzene rings is 1. The predicted octanol–water partition coefficient (Wildman–Crippen LogP) is 2.25. The molecule has 0 aromatic heterocycles. The van der Waals surface area contributed by atoms with Gasteiger partial charge in [-0.1, -0.05) is 18.7 Å². The Morgan fingerprint density at radius 1 is 1.14 bits per heavy atom. The Bertz CT molecular complexity index is 494. The van der Waals surface area contributed by atoms with Crippen LogP contribution in [-0.2, 0) is 25.5 Å². The molecule has 21 heavy (non-hydrogen) atoms. The van der Waals surface area contributed by atoms with Crippen molar-refractivity contribution in [2.24, 2.45) is 0 Å². The van der Waals surface area contributed by atoms with Crippen molar-refractivity contribution in [1.82, 2.24) is 0 Å². The van der Waals surface area contributed by atoms with E-state index in [0.717, 1.165) is 5.56 Å². The van der Waals surface area contributed by atoms with Crippen molar-refractivity contribution in [3.63, 3.8) is 0 Å². The lowest BCUT2D eigenvalue weighted by atomic mass is 10.1. The minimum atomic E-state index is -0.438. The second-order valence-electron chi connectivity index (χ2n) is 4.73. The SMILES string of the molecule is C=C(C)C(=O)OCCCC(=O)OCCc1ccc(N)cc1. The van der Waals surface area contributed by atoms with Gasteiger partial charge in [-0.2, -0.15) is 0 Å². The highest BCUT2D eigenvalue weighted by Gasteiger charge is 2.06. The zero-order valence-electron chi connectivity index (χ0n) is 12.3. The molecule has 0 aliphatic heterocycles. The molecule has 0 radical (unpaired) electrons. The Morgan fingerprint density at radius 2 is 1.81 bits per heavy atom. The lowest BCUT2D eigenvalue weighted by Gasteiger charge is -2.06. The highest BCUT2D eigenvalue weighted by atomic mass is 16.5. The Kier molecular flexibility index (Phi) is 7.01. The van der Waals surface area contributed by atoms with Crippen LogP contribution in [0.4, 0.5) is 5.69 Å². The number of rotatable bonds is 8. The van der Waals surface area contributed by atoms with Gasteiger partial charge in [-0.05, 0) is 31.0 Å². The van der Waals surface area contributed by atoms with Gasteiger partial charge in [0.15, 0.2) is 0 Å². The van der Waals surface area contributed by atoms with Gasteiger partial charge in [0, 0.05) is 24.1 Å². The summed E-state index contributed by atoms with van der Waals surface area (Å²) in [5.74, 6) is -0.733. The van der Waals surface area contributed by atoms with Crippen LogP contribution in [0, 0.1) is 0 Å². The number of nitrogen functional groups attached to an aromatic ring is 1. The molecule has 5 heteroatoms. The molecule has 0 fully saturated rings. The molecule has 0 spiro atoms. The van der Waals surface area contributed by atoms with E-state index in [1.165, 1.54) is 0 Å². The van der Waals surface area contributed by atoms with Crippen LogP contribution in [0.3, 0.4) is 0 Å². The van der Waals surface area contributed by atoms with Crippen LogP contribution >= 0.6 is 0 Å².